The van der Waals surface area contributed by atoms with E-state index in [2.05, 4.69) is 5.32 Å². The summed E-state index contributed by atoms with van der Waals surface area (Å²) in [6.45, 7) is 3.47. The average molecular weight is 265 g/mol. The van der Waals surface area contributed by atoms with Gasteiger partial charge >= 0.3 is 0 Å². The molecule has 94 valence electrons. The highest BCUT2D eigenvalue weighted by Crippen LogP contribution is 2.27. The number of amides is 1. The van der Waals surface area contributed by atoms with Crippen LogP contribution in [0.15, 0.2) is 0 Å². The molecule has 0 bridgehead atoms. The van der Waals surface area contributed by atoms with E-state index in [9.17, 15) is 4.79 Å². The molecule has 1 heterocycles. The lowest BCUT2D eigenvalue weighted by Gasteiger charge is -2.20. The van der Waals surface area contributed by atoms with Gasteiger partial charge in [0.25, 0.3) is 0 Å². The van der Waals surface area contributed by atoms with Crippen molar-refractivity contribution < 1.29 is 4.79 Å². The van der Waals surface area contributed by atoms with Gasteiger partial charge in [-0.1, -0.05) is 0 Å². The Morgan fingerprint density at radius 3 is 2.88 bits per heavy atom. The maximum absolute atomic E-state index is 11.8. The highest BCUT2D eigenvalue weighted by Gasteiger charge is 2.21. The molecule has 0 radical (unpaired) electrons. The lowest BCUT2D eigenvalue weighted by Crippen LogP contribution is -2.39. The minimum atomic E-state index is 0. The zero-order chi connectivity index (χ0) is 10.5. The maximum atomic E-state index is 11.8. The molecule has 2 rings (SSSR count). The van der Waals surface area contributed by atoms with Gasteiger partial charge in [0.2, 0.25) is 5.91 Å². The molecule has 0 atom stereocenters. The second-order valence-corrected chi connectivity index (χ2v) is 5.65. The van der Waals surface area contributed by atoms with Crippen LogP contribution in [0.3, 0.4) is 0 Å². The molecule has 0 spiro atoms. The van der Waals surface area contributed by atoms with Crippen molar-refractivity contribution in [2.45, 2.75) is 19.3 Å². The molecule has 3 nitrogen and oxygen atoms in total. The fourth-order valence-electron chi connectivity index (χ4n) is 1.81. The van der Waals surface area contributed by atoms with Gasteiger partial charge in [-0.25, -0.2) is 0 Å². The zero-order valence-corrected chi connectivity index (χ0v) is 11.2. The van der Waals surface area contributed by atoms with Gasteiger partial charge in [-0.2, -0.15) is 11.8 Å². The number of nitrogens with one attached hydrogen (secondary N) is 1. The Morgan fingerprint density at radius 1 is 1.31 bits per heavy atom. The Labute approximate surface area is 108 Å². The third-order valence-electron chi connectivity index (χ3n) is 2.98. The van der Waals surface area contributed by atoms with E-state index in [0.717, 1.165) is 37.7 Å². The summed E-state index contributed by atoms with van der Waals surface area (Å²) in [5.74, 6) is 3.46. The second-order valence-electron chi connectivity index (χ2n) is 4.42. The van der Waals surface area contributed by atoms with Gasteiger partial charge < -0.3 is 10.2 Å². The van der Waals surface area contributed by atoms with E-state index in [-0.39, 0.29) is 18.3 Å². The Bertz CT molecular complexity index is 216. The van der Waals surface area contributed by atoms with Crippen molar-refractivity contribution in [2.24, 2.45) is 5.92 Å². The number of carbonyl (C=O) groups excluding carboxylic acids is 1. The van der Waals surface area contributed by atoms with Crippen molar-refractivity contribution in [1.82, 2.24) is 10.2 Å². The van der Waals surface area contributed by atoms with Crippen LogP contribution >= 0.6 is 24.2 Å². The van der Waals surface area contributed by atoms with Crippen molar-refractivity contribution in [1.29, 1.82) is 0 Å². The summed E-state index contributed by atoms with van der Waals surface area (Å²) >= 11 is 1.96. The smallest absolute Gasteiger partial charge is 0.236 e. The standard InChI is InChI=1S/C11H20N2OS.ClH/c14-11(9-12-8-10-2-3-10)13-4-1-6-15-7-5-13;/h10,12H,1-9H2;1H. The molecule has 16 heavy (non-hydrogen) atoms. The third-order valence-corrected chi connectivity index (χ3v) is 4.03. The van der Waals surface area contributed by atoms with Crippen molar-refractivity contribution >= 4 is 30.1 Å². The highest BCUT2D eigenvalue weighted by molar-refractivity contribution is 7.99. The lowest BCUT2D eigenvalue weighted by molar-refractivity contribution is -0.129. The molecule has 5 heteroatoms. The predicted octanol–water partition coefficient (Wildman–Crippen LogP) is 1.37. The SMILES string of the molecule is Cl.O=C(CNCC1CC1)N1CCCSCC1. The topological polar surface area (TPSA) is 32.3 Å². The van der Waals surface area contributed by atoms with E-state index < -0.39 is 0 Å². The Hall–Kier alpha value is 0.0700. The van der Waals surface area contributed by atoms with Crippen LogP contribution in [0.5, 0.6) is 0 Å². The molecule has 1 aliphatic heterocycles. The van der Waals surface area contributed by atoms with Crippen LogP contribution < -0.4 is 5.32 Å². The van der Waals surface area contributed by atoms with Gasteiger partial charge in [0.1, 0.15) is 0 Å². The molecule has 0 unspecified atom stereocenters. The first-order valence-electron chi connectivity index (χ1n) is 5.92. The van der Waals surface area contributed by atoms with Crippen LogP contribution in [0, 0.1) is 5.92 Å². The molecular formula is C11H21ClN2OS. The number of rotatable bonds is 4. The summed E-state index contributed by atoms with van der Waals surface area (Å²) in [6, 6.07) is 0. The molecule has 2 aliphatic rings. The molecule has 2 fully saturated rings. The number of thioether (sulfide) groups is 1. The Kier molecular flexibility index (Phi) is 6.54. The Balaban J connectivity index is 0.00000128. The summed E-state index contributed by atoms with van der Waals surface area (Å²) in [5.41, 5.74) is 0. The Morgan fingerprint density at radius 2 is 2.12 bits per heavy atom. The first-order valence-corrected chi connectivity index (χ1v) is 7.08. The maximum Gasteiger partial charge on any atom is 0.236 e. The third kappa shape index (κ3) is 4.93. The van der Waals surface area contributed by atoms with E-state index in [4.69, 9.17) is 0 Å². The molecule has 1 aliphatic carbocycles. The van der Waals surface area contributed by atoms with Crippen molar-refractivity contribution in [3.63, 3.8) is 0 Å². The molecule has 0 aromatic rings. The van der Waals surface area contributed by atoms with Crippen LogP contribution in [0.2, 0.25) is 0 Å². The first kappa shape index (κ1) is 14.1. The fourth-order valence-corrected chi connectivity index (χ4v) is 2.70. The molecular weight excluding hydrogens is 244 g/mol. The lowest BCUT2D eigenvalue weighted by atomic mass is 10.3. The largest absolute Gasteiger partial charge is 0.341 e. The molecule has 1 saturated carbocycles. The number of hydrogen-bond donors (Lipinski definition) is 1. The van der Waals surface area contributed by atoms with Gasteiger partial charge in [-0.15, -0.1) is 12.4 Å². The first-order chi connectivity index (χ1) is 7.36. The zero-order valence-electron chi connectivity index (χ0n) is 9.61. The second kappa shape index (κ2) is 7.41. The van der Waals surface area contributed by atoms with Gasteiger partial charge in [0.05, 0.1) is 6.54 Å². The summed E-state index contributed by atoms with van der Waals surface area (Å²) in [6.07, 6.45) is 3.85. The fraction of sp³-hybridized carbons (Fsp3) is 0.909. The molecule has 0 aromatic carbocycles. The van der Waals surface area contributed by atoms with Crippen LogP contribution in [0.25, 0.3) is 0 Å². The van der Waals surface area contributed by atoms with Crippen molar-refractivity contribution in [3.8, 4) is 0 Å². The number of nitrogens with zero attached hydrogens (tertiary/aromatic N) is 1. The van der Waals surface area contributed by atoms with Crippen LogP contribution in [0.4, 0.5) is 0 Å². The summed E-state index contributed by atoms with van der Waals surface area (Å²) < 4.78 is 0. The van der Waals surface area contributed by atoms with E-state index in [0.29, 0.717) is 6.54 Å². The summed E-state index contributed by atoms with van der Waals surface area (Å²) in [4.78, 5) is 13.8. The summed E-state index contributed by atoms with van der Waals surface area (Å²) in [5, 5.41) is 3.27. The van der Waals surface area contributed by atoms with Gasteiger partial charge in [-0.3, -0.25) is 4.79 Å². The van der Waals surface area contributed by atoms with Crippen LogP contribution in [-0.2, 0) is 4.79 Å². The van der Waals surface area contributed by atoms with E-state index >= 15 is 0 Å². The van der Waals surface area contributed by atoms with E-state index in [1.807, 2.05) is 16.7 Å². The molecule has 1 N–H and O–H groups in total. The van der Waals surface area contributed by atoms with E-state index in [1.54, 1.807) is 0 Å². The summed E-state index contributed by atoms with van der Waals surface area (Å²) in [7, 11) is 0. The van der Waals surface area contributed by atoms with Gasteiger partial charge in [-0.05, 0) is 37.5 Å². The van der Waals surface area contributed by atoms with Crippen LogP contribution in [0.1, 0.15) is 19.3 Å². The van der Waals surface area contributed by atoms with Crippen molar-refractivity contribution in [2.75, 3.05) is 37.7 Å². The molecule has 1 saturated heterocycles. The van der Waals surface area contributed by atoms with E-state index in [1.165, 1.54) is 18.6 Å². The molecule has 0 aromatic heterocycles. The monoisotopic (exact) mass is 264 g/mol. The number of hydrogen-bond acceptors (Lipinski definition) is 3. The molecule has 1 amide bonds. The minimum absolute atomic E-state index is 0. The van der Waals surface area contributed by atoms with Gasteiger partial charge in [0.15, 0.2) is 0 Å². The van der Waals surface area contributed by atoms with Crippen molar-refractivity contribution in [3.05, 3.63) is 0 Å². The normalized spacial score (nSPS) is 21.1. The quantitative estimate of drug-likeness (QED) is 0.833. The minimum Gasteiger partial charge on any atom is -0.341 e. The van der Waals surface area contributed by atoms with Gasteiger partial charge in [0, 0.05) is 18.8 Å². The highest BCUT2D eigenvalue weighted by atomic mass is 35.5. The van der Waals surface area contributed by atoms with Crippen LogP contribution in [-0.4, -0.2) is 48.5 Å². The predicted molar refractivity (Wildman–Crippen MR) is 71.4 cm³/mol. The number of halogens is 1. The number of carbonyl (C=O) groups is 1. The average Bonchev–Trinajstić information content (AvgIpc) is 3.04.